The molecule has 2 heterocycles. The molecule has 108 valence electrons. The molecule has 1 N–H and O–H groups in total. The Kier molecular flexibility index (Phi) is 5.40. The van der Waals surface area contributed by atoms with Crippen LogP contribution < -0.4 is 5.32 Å². The van der Waals surface area contributed by atoms with E-state index < -0.39 is 0 Å². The summed E-state index contributed by atoms with van der Waals surface area (Å²) in [5.41, 5.74) is 1.36. The SMILES string of the molecule is CCn1cc(C(C)N2CCC(CCNC)CC2)cn1. The van der Waals surface area contributed by atoms with Crippen molar-refractivity contribution in [1.82, 2.24) is 20.0 Å². The van der Waals surface area contributed by atoms with Gasteiger partial charge in [-0.1, -0.05) is 0 Å². The largest absolute Gasteiger partial charge is 0.320 e. The van der Waals surface area contributed by atoms with Crippen LogP contribution in [0.2, 0.25) is 0 Å². The third-order valence-corrected chi connectivity index (χ3v) is 4.46. The van der Waals surface area contributed by atoms with Gasteiger partial charge < -0.3 is 5.32 Å². The van der Waals surface area contributed by atoms with Crippen molar-refractivity contribution in [3.05, 3.63) is 18.0 Å². The second-order valence-electron chi connectivity index (χ2n) is 5.68. The van der Waals surface area contributed by atoms with Crippen LogP contribution in [0.4, 0.5) is 0 Å². The van der Waals surface area contributed by atoms with Crippen molar-refractivity contribution in [3.63, 3.8) is 0 Å². The number of nitrogens with zero attached hydrogens (tertiary/aromatic N) is 3. The van der Waals surface area contributed by atoms with Crippen LogP contribution in [0.5, 0.6) is 0 Å². The highest BCUT2D eigenvalue weighted by Crippen LogP contribution is 2.27. The summed E-state index contributed by atoms with van der Waals surface area (Å²) >= 11 is 0. The van der Waals surface area contributed by atoms with E-state index in [1.165, 1.54) is 37.9 Å². The standard InChI is InChI=1S/C15H28N4/c1-4-19-12-15(11-17-19)13(2)18-9-6-14(7-10-18)5-8-16-3/h11-14,16H,4-10H2,1-3H3. The molecule has 0 radical (unpaired) electrons. The fourth-order valence-electron chi connectivity index (χ4n) is 2.96. The average Bonchev–Trinajstić information content (AvgIpc) is 2.94. The lowest BCUT2D eigenvalue weighted by Crippen LogP contribution is -2.36. The summed E-state index contributed by atoms with van der Waals surface area (Å²) in [4.78, 5) is 2.60. The van der Waals surface area contributed by atoms with Crippen molar-refractivity contribution in [3.8, 4) is 0 Å². The lowest BCUT2D eigenvalue weighted by Gasteiger charge is -2.35. The van der Waals surface area contributed by atoms with Crippen LogP contribution >= 0.6 is 0 Å². The number of aromatic nitrogens is 2. The van der Waals surface area contributed by atoms with Crippen LogP contribution in [-0.4, -0.2) is 41.4 Å². The van der Waals surface area contributed by atoms with Crippen molar-refractivity contribution in [2.75, 3.05) is 26.7 Å². The van der Waals surface area contributed by atoms with E-state index in [0.29, 0.717) is 6.04 Å². The molecular formula is C15H28N4. The van der Waals surface area contributed by atoms with Crippen LogP contribution in [-0.2, 0) is 6.54 Å². The molecule has 1 saturated heterocycles. The molecular weight excluding hydrogens is 236 g/mol. The zero-order valence-corrected chi connectivity index (χ0v) is 12.6. The average molecular weight is 264 g/mol. The van der Waals surface area contributed by atoms with Crippen LogP contribution in [0.3, 0.4) is 0 Å². The molecule has 1 aromatic rings. The van der Waals surface area contributed by atoms with Gasteiger partial charge in [0.05, 0.1) is 6.20 Å². The zero-order chi connectivity index (χ0) is 13.7. The first-order valence-electron chi connectivity index (χ1n) is 7.65. The van der Waals surface area contributed by atoms with Gasteiger partial charge in [0.2, 0.25) is 0 Å². The van der Waals surface area contributed by atoms with E-state index in [4.69, 9.17) is 0 Å². The van der Waals surface area contributed by atoms with Crippen LogP contribution in [0.15, 0.2) is 12.4 Å². The number of aryl methyl sites for hydroxylation is 1. The molecule has 0 aliphatic carbocycles. The fourth-order valence-corrected chi connectivity index (χ4v) is 2.96. The molecule has 1 aliphatic heterocycles. The molecule has 4 heteroatoms. The van der Waals surface area contributed by atoms with E-state index in [9.17, 15) is 0 Å². The second-order valence-corrected chi connectivity index (χ2v) is 5.68. The molecule has 1 atom stereocenters. The molecule has 19 heavy (non-hydrogen) atoms. The summed E-state index contributed by atoms with van der Waals surface area (Å²) in [7, 11) is 2.04. The van der Waals surface area contributed by atoms with E-state index >= 15 is 0 Å². The Hall–Kier alpha value is -0.870. The van der Waals surface area contributed by atoms with E-state index in [1.54, 1.807) is 0 Å². The molecule has 1 aromatic heterocycles. The predicted molar refractivity (Wildman–Crippen MR) is 79.2 cm³/mol. The number of likely N-dealkylation sites (tertiary alicyclic amines) is 1. The van der Waals surface area contributed by atoms with Crippen LogP contribution in [0, 0.1) is 5.92 Å². The van der Waals surface area contributed by atoms with Crippen LogP contribution in [0.1, 0.15) is 44.7 Å². The van der Waals surface area contributed by atoms with E-state index in [0.717, 1.165) is 19.0 Å². The molecule has 0 amide bonds. The Labute approximate surface area is 117 Å². The minimum Gasteiger partial charge on any atom is -0.320 e. The lowest BCUT2D eigenvalue weighted by atomic mass is 9.92. The fraction of sp³-hybridized carbons (Fsp3) is 0.800. The highest BCUT2D eigenvalue weighted by atomic mass is 15.3. The first-order valence-corrected chi connectivity index (χ1v) is 7.65. The molecule has 4 nitrogen and oxygen atoms in total. The van der Waals surface area contributed by atoms with Gasteiger partial charge in [-0.3, -0.25) is 9.58 Å². The highest BCUT2D eigenvalue weighted by molar-refractivity contribution is 5.09. The summed E-state index contributed by atoms with van der Waals surface area (Å²) in [6.45, 7) is 9.02. The minimum absolute atomic E-state index is 0.505. The zero-order valence-electron chi connectivity index (χ0n) is 12.6. The quantitative estimate of drug-likeness (QED) is 0.856. The lowest BCUT2D eigenvalue weighted by molar-refractivity contribution is 0.137. The smallest absolute Gasteiger partial charge is 0.0537 e. The van der Waals surface area contributed by atoms with Gasteiger partial charge in [-0.2, -0.15) is 5.10 Å². The van der Waals surface area contributed by atoms with Crippen molar-refractivity contribution >= 4 is 0 Å². The van der Waals surface area contributed by atoms with Gasteiger partial charge in [-0.05, 0) is 65.7 Å². The monoisotopic (exact) mass is 264 g/mol. The second kappa shape index (κ2) is 7.06. The summed E-state index contributed by atoms with van der Waals surface area (Å²) < 4.78 is 2.02. The molecule has 0 bridgehead atoms. The first kappa shape index (κ1) is 14.5. The van der Waals surface area contributed by atoms with Gasteiger partial charge in [-0.15, -0.1) is 0 Å². The van der Waals surface area contributed by atoms with Crippen molar-refractivity contribution in [2.45, 2.75) is 45.7 Å². The minimum atomic E-state index is 0.505. The number of hydrogen-bond donors (Lipinski definition) is 1. The summed E-state index contributed by atoms with van der Waals surface area (Å²) in [6, 6.07) is 0.505. The van der Waals surface area contributed by atoms with Gasteiger partial charge in [0, 0.05) is 24.3 Å². The number of piperidine rings is 1. The van der Waals surface area contributed by atoms with Crippen LogP contribution in [0.25, 0.3) is 0 Å². The maximum atomic E-state index is 4.39. The summed E-state index contributed by atoms with van der Waals surface area (Å²) in [6.07, 6.45) is 8.23. The number of nitrogens with one attached hydrogen (secondary N) is 1. The topological polar surface area (TPSA) is 33.1 Å². The molecule has 1 fully saturated rings. The highest BCUT2D eigenvalue weighted by Gasteiger charge is 2.23. The molecule has 1 unspecified atom stereocenters. The third-order valence-electron chi connectivity index (χ3n) is 4.46. The summed E-state index contributed by atoms with van der Waals surface area (Å²) in [5.74, 6) is 0.911. The Bertz CT molecular complexity index is 366. The Morgan fingerprint density at radius 3 is 2.74 bits per heavy atom. The van der Waals surface area contributed by atoms with Gasteiger partial charge in [-0.25, -0.2) is 0 Å². The Morgan fingerprint density at radius 1 is 1.42 bits per heavy atom. The van der Waals surface area contributed by atoms with E-state index in [2.05, 4.69) is 35.4 Å². The molecule has 1 aliphatic rings. The van der Waals surface area contributed by atoms with Crippen molar-refractivity contribution in [1.29, 1.82) is 0 Å². The molecule has 2 rings (SSSR count). The van der Waals surface area contributed by atoms with Crippen molar-refractivity contribution < 1.29 is 0 Å². The molecule has 0 spiro atoms. The summed E-state index contributed by atoms with van der Waals surface area (Å²) in [5, 5.41) is 7.65. The van der Waals surface area contributed by atoms with E-state index in [1.807, 2.05) is 17.9 Å². The van der Waals surface area contributed by atoms with E-state index in [-0.39, 0.29) is 0 Å². The maximum absolute atomic E-state index is 4.39. The Balaban J connectivity index is 1.83. The first-order chi connectivity index (χ1) is 9.24. The molecule has 0 aromatic carbocycles. The normalized spacial score (nSPS) is 19.7. The third kappa shape index (κ3) is 3.80. The number of rotatable bonds is 6. The van der Waals surface area contributed by atoms with Crippen molar-refractivity contribution in [2.24, 2.45) is 5.92 Å². The maximum Gasteiger partial charge on any atom is 0.0537 e. The predicted octanol–water partition coefficient (Wildman–Crippen LogP) is 2.29. The van der Waals surface area contributed by atoms with Gasteiger partial charge >= 0.3 is 0 Å². The van der Waals surface area contributed by atoms with Gasteiger partial charge in [0.25, 0.3) is 0 Å². The van der Waals surface area contributed by atoms with Gasteiger partial charge in [0.15, 0.2) is 0 Å². The van der Waals surface area contributed by atoms with Gasteiger partial charge in [0.1, 0.15) is 0 Å². The number of hydrogen-bond acceptors (Lipinski definition) is 3. The molecule has 0 saturated carbocycles. The Morgan fingerprint density at radius 2 is 2.16 bits per heavy atom.